The number of nitrogens with one attached hydrogen (secondary N) is 1. The van der Waals surface area contributed by atoms with E-state index in [4.69, 9.17) is 0 Å². The predicted octanol–water partition coefficient (Wildman–Crippen LogP) is 2.66. The van der Waals surface area contributed by atoms with Gasteiger partial charge in [0.15, 0.2) is 0 Å². The molecule has 1 aliphatic rings. The smallest absolute Gasteiger partial charge is 0.251 e. The van der Waals surface area contributed by atoms with Gasteiger partial charge in [-0.15, -0.1) is 0 Å². The molecule has 1 aromatic rings. The quantitative estimate of drug-likeness (QED) is 0.832. The maximum Gasteiger partial charge on any atom is 0.251 e. The van der Waals surface area contributed by atoms with E-state index in [-0.39, 0.29) is 11.7 Å². The van der Waals surface area contributed by atoms with Crippen molar-refractivity contribution in [3.63, 3.8) is 0 Å². The van der Waals surface area contributed by atoms with Crippen LogP contribution in [0, 0.1) is 18.7 Å². The number of carbonyl (C=O) groups is 1. The minimum absolute atomic E-state index is 0.108. The van der Waals surface area contributed by atoms with Crippen LogP contribution in [-0.2, 0) is 0 Å². The molecule has 2 nitrogen and oxygen atoms in total. The third-order valence-electron chi connectivity index (χ3n) is 2.96. The van der Waals surface area contributed by atoms with E-state index in [0.29, 0.717) is 11.1 Å². The highest BCUT2D eigenvalue weighted by Gasteiger charge is 2.20. The zero-order valence-electron chi connectivity index (χ0n) is 9.42. The van der Waals surface area contributed by atoms with Crippen molar-refractivity contribution in [3.05, 3.63) is 35.1 Å². The van der Waals surface area contributed by atoms with E-state index in [1.807, 2.05) is 0 Å². The summed E-state index contributed by atoms with van der Waals surface area (Å²) >= 11 is 0. The van der Waals surface area contributed by atoms with Gasteiger partial charge >= 0.3 is 0 Å². The summed E-state index contributed by atoms with van der Waals surface area (Å²) < 4.78 is 13.0. The van der Waals surface area contributed by atoms with Crippen molar-refractivity contribution in [1.82, 2.24) is 5.32 Å². The van der Waals surface area contributed by atoms with E-state index in [0.717, 1.165) is 18.9 Å². The lowest BCUT2D eigenvalue weighted by atomic mass is 10.1. The predicted molar refractivity (Wildman–Crippen MR) is 60.8 cm³/mol. The molecule has 0 aliphatic heterocycles. The Labute approximate surface area is 94.9 Å². The first-order valence-corrected chi connectivity index (χ1v) is 5.71. The minimum atomic E-state index is -0.269. The van der Waals surface area contributed by atoms with Gasteiger partial charge in [-0.2, -0.15) is 0 Å². The second-order valence-corrected chi connectivity index (χ2v) is 4.45. The van der Waals surface area contributed by atoms with Gasteiger partial charge in [0.1, 0.15) is 5.82 Å². The average molecular weight is 221 g/mol. The molecule has 1 aromatic carbocycles. The second-order valence-electron chi connectivity index (χ2n) is 4.45. The van der Waals surface area contributed by atoms with Gasteiger partial charge in [0.25, 0.3) is 5.91 Å². The number of amides is 1. The molecule has 0 spiro atoms. The van der Waals surface area contributed by atoms with Gasteiger partial charge in [-0.25, -0.2) is 4.39 Å². The molecule has 3 heteroatoms. The number of aryl methyl sites for hydroxylation is 1. The van der Waals surface area contributed by atoms with Crippen molar-refractivity contribution in [3.8, 4) is 0 Å². The molecule has 1 aliphatic carbocycles. The number of carbonyl (C=O) groups excluding carboxylic acids is 1. The Bertz CT molecular complexity index is 399. The molecule has 0 aromatic heterocycles. The molecule has 0 heterocycles. The number of benzene rings is 1. The monoisotopic (exact) mass is 221 g/mol. The molecular weight excluding hydrogens is 205 g/mol. The van der Waals surface area contributed by atoms with Gasteiger partial charge in [-0.3, -0.25) is 4.79 Å². The Morgan fingerprint density at radius 3 is 2.88 bits per heavy atom. The summed E-state index contributed by atoms with van der Waals surface area (Å²) in [7, 11) is 0. The first-order valence-electron chi connectivity index (χ1n) is 5.71. The lowest BCUT2D eigenvalue weighted by Gasteiger charge is -2.05. The van der Waals surface area contributed by atoms with Gasteiger partial charge in [0.05, 0.1) is 0 Å². The zero-order valence-corrected chi connectivity index (χ0v) is 9.42. The SMILES string of the molecule is Cc1cc(C(=O)NCCC2CC2)ccc1F. The van der Waals surface area contributed by atoms with E-state index in [2.05, 4.69) is 5.32 Å². The summed E-state index contributed by atoms with van der Waals surface area (Å²) in [6.07, 6.45) is 3.66. The van der Waals surface area contributed by atoms with Gasteiger partial charge in [-0.05, 0) is 43.0 Å². The average Bonchev–Trinajstić information content (AvgIpc) is 3.06. The first-order chi connectivity index (χ1) is 7.66. The molecule has 1 fully saturated rings. The summed E-state index contributed by atoms with van der Waals surface area (Å²) in [5, 5.41) is 2.86. The molecule has 0 atom stereocenters. The molecule has 0 unspecified atom stereocenters. The molecule has 1 N–H and O–H groups in total. The van der Waals surface area contributed by atoms with Gasteiger partial charge < -0.3 is 5.32 Å². The normalized spacial score (nSPS) is 14.9. The molecule has 0 saturated heterocycles. The lowest BCUT2D eigenvalue weighted by molar-refractivity contribution is 0.0952. The molecule has 86 valence electrons. The van der Waals surface area contributed by atoms with Crippen LogP contribution in [0.1, 0.15) is 35.2 Å². The van der Waals surface area contributed by atoms with Crippen molar-refractivity contribution in [1.29, 1.82) is 0 Å². The fourth-order valence-corrected chi connectivity index (χ4v) is 1.68. The number of hydrogen-bond donors (Lipinski definition) is 1. The topological polar surface area (TPSA) is 29.1 Å². The van der Waals surface area contributed by atoms with Gasteiger partial charge in [0, 0.05) is 12.1 Å². The van der Waals surface area contributed by atoms with E-state index < -0.39 is 0 Å². The fraction of sp³-hybridized carbons (Fsp3) is 0.462. The molecule has 1 saturated carbocycles. The van der Waals surface area contributed by atoms with Crippen LogP contribution >= 0.6 is 0 Å². The van der Waals surface area contributed by atoms with Crippen LogP contribution in [0.2, 0.25) is 0 Å². The summed E-state index contributed by atoms with van der Waals surface area (Å²) in [5.41, 5.74) is 1.05. The van der Waals surface area contributed by atoms with Crippen molar-refractivity contribution in [2.75, 3.05) is 6.54 Å². The maximum atomic E-state index is 13.0. The zero-order chi connectivity index (χ0) is 11.5. The van der Waals surface area contributed by atoms with Crippen LogP contribution in [0.25, 0.3) is 0 Å². The molecule has 16 heavy (non-hydrogen) atoms. The summed E-state index contributed by atoms with van der Waals surface area (Å²) in [5.74, 6) is 0.438. The van der Waals surface area contributed by atoms with Crippen molar-refractivity contribution in [2.45, 2.75) is 26.2 Å². The van der Waals surface area contributed by atoms with Crippen molar-refractivity contribution in [2.24, 2.45) is 5.92 Å². The van der Waals surface area contributed by atoms with E-state index in [1.54, 1.807) is 13.0 Å². The summed E-state index contributed by atoms with van der Waals surface area (Å²) in [4.78, 5) is 11.7. The molecular formula is C13H16FNO. The second kappa shape index (κ2) is 4.64. The fourth-order valence-electron chi connectivity index (χ4n) is 1.68. The first kappa shape index (κ1) is 11.1. The van der Waals surface area contributed by atoms with Crippen molar-refractivity contribution < 1.29 is 9.18 Å². The summed E-state index contributed by atoms with van der Waals surface area (Å²) in [6.45, 7) is 2.39. The number of hydrogen-bond acceptors (Lipinski definition) is 1. The molecule has 1 amide bonds. The third-order valence-corrected chi connectivity index (χ3v) is 2.96. The molecule has 0 radical (unpaired) electrons. The van der Waals surface area contributed by atoms with Crippen LogP contribution in [0.3, 0.4) is 0 Å². The van der Waals surface area contributed by atoms with Crippen LogP contribution in [0.15, 0.2) is 18.2 Å². The van der Waals surface area contributed by atoms with Crippen molar-refractivity contribution >= 4 is 5.91 Å². The highest BCUT2D eigenvalue weighted by molar-refractivity contribution is 5.94. The highest BCUT2D eigenvalue weighted by atomic mass is 19.1. The number of halogens is 1. The van der Waals surface area contributed by atoms with Gasteiger partial charge in [0.2, 0.25) is 0 Å². The molecule has 0 bridgehead atoms. The third kappa shape index (κ3) is 2.81. The standard InChI is InChI=1S/C13H16FNO/c1-9-8-11(4-5-12(9)14)13(16)15-7-6-10-2-3-10/h4-5,8,10H,2-3,6-7H2,1H3,(H,15,16). The van der Waals surface area contributed by atoms with Crippen LogP contribution in [-0.4, -0.2) is 12.5 Å². The minimum Gasteiger partial charge on any atom is -0.352 e. The summed E-state index contributed by atoms with van der Waals surface area (Å²) in [6, 6.07) is 4.45. The van der Waals surface area contributed by atoms with Crippen LogP contribution < -0.4 is 5.32 Å². The Morgan fingerprint density at radius 2 is 2.25 bits per heavy atom. The Morgan fingerprint density at radius 1 is 1.50 bits per heavy atom. The molecule has 2 rings (SSSR count). The van der Waals surface area contributed by atoms with E-state index >= 15 is 0 Å². The largest absolute Gasteiger partial charge is 0.352 e. The van der Waals surface area contributed by atoms with E-state index in [9.17, 15) is 9.18 Å². The Kier molecular flexibility index (Phi) is 3.22. The Balaban J connectivity index is 1.88. The maximum absolute atomic E-state index is 13.0. The van der Waals surface area contributed by atoms with Crippen LogP contribution in [0.4, 0.5) is 4.39 Å². The Hall–Kier alpha value is -1.38. The van der Waals surface area contributed by atoms with E-state index in [1.165, 1.54) is 25.0 Å². The highest BCUT2D eigenvalue weighted by Crippen LogP contribution is 2.31. The van der Waals surface area contributed by atoms with Gasteiger partial charge in [-0.1, -0.05) is 12.8 Å². The number of rotatable bonds is 4. The lowest BCUT2D eigenvalue weighted by Crippen LogP contribution is -2.24. The van der Waals surface area contributed by atoms with Crippen LogP contribution in [0.5, 0.6) is 0 Å².